The van der Waals surface area contributed by atoms with E-state index in [0.717, 1.165) is 20.7 Å². The summed E-state index contributed by atoms with van der Waals surface area (Å²) in [6.07, 6.45) is 1.50. The van der Waals surface area contributed by atoms with E-state index in [0.29, 0.717) is 16.3 Å². The molecule has 0 aliphatic rings. The van der Waals surface area contributed by atoms with E-state index in [1.165, 1.54) is 18.1 Å². The lowest BCUT2D eigenvalue weighted by Crippen LogP contribution is -2.31. The molecule has 150 valence electrons. The number of thioether (sulfide) groups is 1. The number of methoxy groups -OCH3 is 1. The first-order valence-corrected chi connectivity index (χ1v) is 10.9. The molecular formula is C22H17N3O3S2. The summed E-state index contributed by atoms with van der Waals surface area (Å²) in [6.45, 7) is 0. The van der Waals surface area contributed by atoms with Gasteiger partial charge in [-0.05, 0) is 35.9 Å². The van der Waals surface area contributed by atoms with E-state index in [2.05, 4.69) is 15.3 Å². The maximum atomic E-state index is 12.3. The van der Waals surface area contributed by atoms with Crippen LogP contribution in [0, 0.1) is 0 Å². The highest BCUT2D eigenvalue weighted by Crippen LogP contribution is 2.35. The van der Waals surface area contributed by atoms with Crippen LogP contribution in [0.4, 0.5) is 0 Å². The Labute approximate surface area is 181 Å². The van der Waals surface area contributed by atoms with Crippen LogP contribution in [0.25, 0.3) is 20.7 Å². The van der Waals surface area contributed by atoms with Crippen LogP contribution in [-0.4, -0.2) is 34.6 Å². The highest BCUT2D eigenvalue weighted by molar-refractivity contribution is 8.00. The Hall–Kier alpha value is -3.23. The molecule has 6 nitrogen and oxygen atoms in total. The van der Waals surface area contributed by atoms with Gasteiger partial charge in [0.25, 0.3) is 5.91 Å². The molecule has 0 spiro atoms. The number of hydrogen-bond acceptors (Lipinski definition) is 7. The maximum Gasteiger partial charge on any atom is 0.257 e. The fourth-order valence-corrected chi connectivity index (χ4v) is 4.65. The van der Waals surface area contributed by atoms with Crippen LogP contribution in [-0.2, 0) is 4.79 Å². The largest absolute Gasteiger partial charge is 0.497 e. The van der Waals surface area contributed by atoms with E-state index in [4.69, 9.17) is 4.74 Å². The third-order valence-electron chi connectivity index (χ3n) is 4.30. The number of carbonyl (C=O) groups is 2. The van der Waals surface area contributed by atoms with Gasteiger partial charge in [-0.3, -0.25) is 14.9 Å². The van der Waals surface area contributed by atoms with Crippen molar-refractivity contribution in [3.63, 3.8) is 0 Å². The molecule has 4 aromatic rings. The number of fused-ring (bicyclic) bond motifs is 1. The van der Waals surface area contributed by atoms with E-state index in [9.17, 15) is 9.59 Å². The first-order chi connectivity index (χ1) is 14.6. The summed E-state index contributed by atoms with van der Waals surface area (Å²) in [5, 5.41) is 4.02. The van der Waals surface area contributed by atoms with Crippen LogP contribution >= 0.6 is 23.1 Å². The zero-order valence-electron chi connectivity index (χ0n) is 16.0. The molecule has 4 rings (SSSR count). The summed E-state index contributed by atoms with van der Waals surface area (Å²) >= 11 is 2.86. The molecule has 0 aliphatic carbocycles. The van der Waals surface area contributed by atoms with Gasteiger partial charge in [-0.25, -0.2) is 9.97 Å². The molecule has 0 saturated heterocycles. The van der Waals surface area contributed by atoms with E-state index >= 15 is 0 Å². The molecule has 0 radical (unpaired) electrons. The van der Waals surface area contributed by atoms with Crippen molar-refractivity contribution < 1.29 is 14.3 Å². The zero-order chi connectivity index (χ0) is 20.9. The Morgan fingerprint density at radius 2 is 1.83 bits per heavy atom. The van der Waals surface area contributed by atoms with Crippen molar-refractivity contribution >= 4 is 45.1 Å². The van der Waals surface area contributed by atoms with Crippen molar-refractivity contribution in [2.45, 2.75) is 5.03 Å². The van der Waals surface area contributed by atoms with E-state index in [1.54, 1.807) is 42.7 Å². The van der Waals surface area contributed by atoms with Gasteiger partial charge in [-0.15, -0.1) is 11.3 Å². The SMILES string of the molecule is COc1ccc(C(=O)NC(=O)CSc2ncnc3sc(-c4ccccc4)cc23)cc1. The minimum Gasteiger partial charge on any atom is -0.497 e. The lowest BCUT2D eigenvalue weighted by atomic mass is 10.2. The predicted octanol–water partition coefficient (Wildman–Crippen LogP) is 4.42. The molecule has 2 aromatic heterocycles. The number of aromatic nitrogens is 2. The second-order valence-electron chi connectivity index (χ2n) is 6.27. The smallest absolute Gasteiger partial charge is 0.257 e. The Balaban J connectivity index is 1.43. The number of nitrogens with zero attached hydrogens (tertiary/aromatic N) is 2. The minimum atomic E-state index is -0.446. The van der Waals surface area contributed by atoms with Gasteiger partial charge in [0.15, 0.2) is 0 Å². The summed E-state index contributed by atoms with van der Waals surface area (Å²) in [5.41, 5.74) is 1.50. The normalized spacial score (nSPS) is 10.7. The molecular weight excluding hydrogens is 418 g/mol. The molecule has 0 unspecified atom stereocenters. The molecule has 0 bridgehead atoms. The van der Waals surface area contributed by atoms with E-state index in [1.807, 2.05) is 36.4 Å². The van der Waals surface area contributed by atoms with Crippen molar-refractivity contribution in [1.29, 1.82) is 0 Å². The Morgan fingerprint density at radius 3 is 2.57 bits per heavy atom. The van der Waals surface area contributed by atoms with Gasteiger partial charge in [0.05, 0.1) is 12.9 Å². The van der Waals surface area contributed by atoms with Crippen molar-refractivity contribution in [3.8, 4) is 16.2 Å². The average Bonchev–Trinajstić information content (AvgIpc) is 3.23. The number of imide groups is 1. The second-order valence-corrected chi connectivity index (χ2v) is 8.26. The molecule has 8 heteroatoms. The zero-order valence-corrected chi connectivity index (χ0v) is 17.6. The number of rotatable bonds is 6. The van der Waals surface area contributed by atoms with Crippen LogP contribution < -0.4 is 10.1 Å². The summed E-state index contributed by atoms with van der Waals surface area (Å²) < 4.78 is 5.07. The average molecular weight is 436 g/mol. The highest BCUT2D eigenvalue weighted by atomic mass is 32.2. The highest BCUT2D eigenvalue weighted by Gasteiger charge is 2.14. The molecule has 0 fully saturated rings. The van der Waals surface area contributed by atoms with Crippen LogP contribution in [0.1, 0.15) is 10.4 Å². The molecule has 30 heavy (non-hydrogen) atoms. The fraction of sp³-hybridized carbons (Fsp3) is 0.0909. The molecule has 1 N–H and O–H groups in total. The van der Waals surface area contributed by atoms with Crippen LogP contribution in [0.2, 0.25) is 0 Å². The number of carbonyl (C=O) groups excluding carboxylic acids is 2. The third kappa shape index (κ3) is 4.50. The van der Waals surface area contributed by atoms with Gasteiger partial charge in [-0.1, -0.05) is 42.1 Å². The predicted molar refractivity (Wildman–Crippen MR) is 119 cm³/mol. The van der Waals surface area contributed by atoms with Crippen LogP contribution in [0.5, 0.6) is 5.75 Å². The maximum absolute atomic E-state index is 12.3. The van der Waals surface area contributed by atoms with Crippen molar-refractivity contribution in [2.75, 3.05) is 12.9 Å². The van der Waals surface area contributed by atoms with E-state index < -0.39 is 5.91 Å². The number of benzene rings is 2. The molecule has 0 aliphatic heterocycles. The monoisotopic (exact) mass is 435 g/mol. The lowest BCUT2D eigenvalue weighted by Gasteiger charge is -2.05. The standard InChI is InChI=1S/C22H17N3O3S2/c1-28-16-9-7-15(8-10-16)20(27)25-19(26)12-29-21-17-11-18(14-5-3-2-4-6-14)30-22(17)24-13-23-21/h2-11,13H,12H2,1H3,(H,25,26,27). The topological polar surface area (TPSA) is 81.2 Å². The van der Waals surface area contributed by atoms with Gasteiger partial charge in [0, 0.05) is 15.8 Å². The number of ether oxygens (including phenoxy) is 1. The van der Waals surface area contributed by atoms with Crippen molar-refractivity contribution in [2.24, 2.45) is 0 Å². The first kappa shape index (κ1) is 20.1. The van der Waals surface area contributed by atoms with Crippen LogP contribution in [0.15, 0.2) is 72.0 Å². The number of hydrogen-bond donors (Lipinski definition) is 1. The Kier molecular flexibility index (Phi) is 6.06. The van der Waals surface area contributed by atoms with Crippen molar-refractivity contribution in [3.05, 3.63) is 72.6 Å². The van der Waals surface area contributed by atoms with Crippen LogP contribution in [0.3, 0.4) is 0 Å². The molecule has 2 amide bonds. The van der Waals surface area contributed by atoms with E-state index in [-0.39, 0.29) is 11.7 Å². The quantitative estimate of drug-likeness (QED) is 0.357. The van der Waals surface area contributed by atoms with Gasteiger partial charge >= 0.3 is 0 Å². The number of amides is 2. The molecule has 2 heterocycles. The lowest BCUT2D eigenvalue weighted by molar-refractivity contribution is -0.117. The minimum absolute atomic E-state index is 0.0739. The second kappa shape index (κ2) is 9.06. The fourth-order valence-electron chi connectivity index (χ4n) is 2.80. The summed E-state index contributed by atoms with van der Waals surface area (Å²) in [6, 6.07) is 18.7. The molecule has 0 saturated carbocycles. The van der Waals surface area contributed by atoms with Gasteiger partial charge in [-0.2, -0.15) is 0 Å². The Bertz CT molecular complexity index is 1190. The summed E-state index contributed by atoms with van der Waals surface area (Å²) in [5.74, 6) is -0.110. The first-order valence-electron chi connectivity index (χ1n) is 9.05. The number of nitrogens with one attached hydrogen (secondary N) is 1. The van der Waals surface area contributed by atoms with Gasteiger partial charge in [0.2, 0.25) is 5.91 Å². The summed E-state index contributed by atoms with van der Waals surface area (Å²) in [4.78, 5) is 35.1. The third-order valence-corrected chi connectivity index (χ3v) is 6.39. The van der Waals surface area contributed by atoms with Gasteiger partial charge in [0.1, 0.15) is 21.9 Å². The Morgan fingerprint density at radius 1 is 1.07 bits per heavy atom. The summed E-state index contributed by atoms with van der Waals surface area (Å²) in [7, 11) is 1.55. The molecule has 0 atom stereocenters. The number of thiophene rings is 1. The van der Waals surface area contributed by atoms with Gasteiger partial charge < -0.3 is 4.74 Å². The molecule has 2 aromatic carbocycles. The van der Waals surface area contributed by atoms with Crippen molar-refractivity contribution in [1.82, 2.24) is 15.3 Å².